The maximum Gasteiger partial charge on any atom is 0.282 e. The molecule has 2 heterocycles. The number of hydrogen-bond donors (Lipinski definition) is 0. The summed E-state index contributed by atoms with van der Waals surface area (Å²) in [5, 5.41) is 0. The molecule has 0 aliphatic carbocycles. The zero-order valence-electron chi connectivity index (χ0n) is 12.1. The van der Waals surface area contributed by atoms with Gasteiger partial charge < -0.3 is 4.74 Å². The van der Waals surface area contributed by atoms with Crippen molar-refractivity contribution in [3.8, 4) is 0 Å². The number of ether oxygens (including phenoxy) is 1. The van der Waals surface area contributed by atoms with Gasteiger partial charge in [-0.05, 0) is 31.6 Å². The van der Waals surface area contributed by atoms with Gasteiger partial charge in [0.1, 0.15) is 0 Å². The van der Waals surface area contributed by atoms with Crippen molar-refractivity contribution in [2.75, 3.05) is 38.7 Å². The third-order valence-electron chi connectivity index (χ3n) is 4.14. The Morgan fingerprint density at radius 2 is 2.15 bits per heavy atom. The summed E-state index contributed by atoms with van der Waals surface area (Å²) >= 11 is 5.89. The highest BCUT2D eigenvalue weighted by Crippen LogP contribution is 2.23. The van der Waals surface area contributed by atoms with Crippen molar-refractivity contribution in [3.63, 3.8) is 0 Å². The molecular weight excluding hydrogens is 300 g/mol. The predicted molar refractivity (Wildman–Crippen MR) is 80.2 cm³/mol. The molecule has 2 unspecified atom stereocenters. The monoisotopic (exact) mass is 324 g/mol. The summed E-state index contributed by atoms with van der Waals surface area (Å²) in [6.45, 7) is 4.76. The minimum Gasteiger partial charge on any atom is -0.377 e. The van der Waals surface area contributed by atoms with Gasteiger partial charge in [0, 0.05) is 38.7 Å². The second kappa shape index (κ2) is 7.40. The minimum atomic E-state index is -3.38. The van der Waals surface area contributed by atoms with Crippen LogP contribution in [0.4, 0.5) is 0 Å². The molecule has 0 aromatic carbocycles. The second-order valence-corrected chi connectivity index (χ2v) is 7.85. The molecule has 5 nitrogen and oxygen atoms in total. The molecule has 0 bridgehead atoms. The normalized spacial score (nSPS) is 29.1. The molecule has 2 saturated heterocycles. The molecule has 20 heavy (non-hydrogen) atoms. The number of piperidine rings is 1. The fraction of sp³-hybridized carbons (Fsp3) is 1.00. The van der Waals surface area contributed by atoms with Crippen molar-refractivity contribution in [3.05, 3.63) is 0 Å². The quantitative estimate of drug-likeness (QED) is 0.699. The molecular formula is C13H25ClN2O3S. The summed E-state index contributed by atoms with van der Waals surface area (Å²) in [5.41, 5.74) is 0. The van der Waals surface area contributed by atoms with Gasteiger partial charge in [0.25, 0.3) is 10.2 Å². The molecule has 0 saturated carbocycles. The van der Waals surface area contributed by atoms with Crippen LogP contribution < -0.4 is 0 Å². The highest BCUT2D eigenvalue weighted by Gasteiger charge is 2.34. The zero-order valence-corrected chi connectivity index (χ0v) is 13.7. The maximum absolute atomic E-state index is 12.7. The minimum absolute atomic E-state index is 0.0540. The highest BCUT2D eigenvalue weighted by atomic mass is 35.5. The summed E-state index contributed by atoms with van der Waals surface area (Å²) in [7, 11) is -3.38. The Hall–Kier alpha value is 0.120. The van der Waals surface area contributed by atoms with Crippen LogP contribution in [0.15, 0.2) is 0 Å². The summed E-state index contributed by atoms with van der Waals surface area (Å²) in [4.78, 5) is 0. The average molecular weight is 325 g/mol. The fourth-order valence-electron chi connectivity index (χ4n) is 2.93. The van der Waals surface area contributed by atoms with Gasteiger partial charge in [-0.3, -0.25) is 0 Å². The molecule has 2 aliphatic rings. The molecule has 0 spiro atoms. The first-order chi connectivity index (χ1) is 9.57. The first kappa shape index (κ1) is 16.5. The molecule has 2 atom stereocenters. The van der Waals surface area contributed by atoms with E-state index in [1.165, 1.54) is 0 Å². The van der Waals surface area contributed by atoms with E-state index >= 15 is 0 Å². The Labute approximate surface area is 127 Å². The Morgan fingerprint density at radius 1 is 1.35 bits per heavy atom. The molecule has 0 aromatic heterocycles. The molecule has 7 heteroatoms. The van der Waals surface area contributed by atoms with Crippen LogP contribution >= 0.6 is 11.6 Å². The van der Waals surface area contributed by atoms with Crippen LogP contribution in [-0.2, 0) is 14.9 Å². The van der Waals surface area contributed by atoms with Crippen LogP contribution in [0.3, 0.4) is 0 Å². The van der Waals surface area contributed by atoms with E-state index in [1.807, 2.05) is 6.92 Å². The van der Waals surface area contributed by atoms with E-state index in [1.54, 1.807) is 8.61 Å². The van der Waals surface area contributed by atoms with Crippen molar-refractivity contribution in [2.45, 2.75) is 38.7 Å². The maximum atomic E-state index is 12.7. The lowest BCUT2D eigenvalue weighted by molar-refractivity contribution is 0.0925. The van der Waals surface area contributed by atoms with E-state index in [0.29, 0.717) is 32.1 Å². The fourth-order valence-corrected chi connectivity index (χ4v) is 4.95. The summed E-state index contributed by atoms with van der Waals surface area (Å²) < 4.78 is 34.2. The number of likely N-dealkylation sites (N-methyl/N-ethyl adjacent to an activating group) is 1. The van der Waals surface area contributed by atoms with Gasteiger partial charge in [-0.15, -0.1) is 11.6 Å². The molecule has 0 radical (unpaired) electrons. The molecule has 0 amide bonds. The molecule has 0 N–H and O–H groups in total. The number of hydrogen-bond acceptors (Lipinski definition) is 3. The number of nitrogens with zero attached hydrogens (tertiary/aromatic N) is 2. The van der Waals surface area contributed by atoms with Crippen molar-refractivity contribution >= 4 is 21.8 Å². The van der Waals surface area contributed by atoms with Gasteiger partial charge in [0.15, 0.2) is 0 Å². The third-order valence-corrected chi connectivity index (χ3v) is 6.62. The van der Waals surface area contributed by atoms with Crippen molar-refractivity contribution in [1.29, 1.82) is 0 Å². The lowest BCUT2D eigenvalue weighted by Crippen LogP contribution is -2.50. The van der Waals surface area contributed by atoms with Gasteiger partial charge in [0.2, 0.25) is 0 Å². The molecule has 2 rings (SSSR count). The lowest BCUT2D eigenvalue weighted by atomic mass is 10.0. The molecule has 0 aromatic rings. The van der Waals surface area contributed by atoms with Crippen molar-refractivity contribution in [1.82, 2.24) is 8.61 Å². The van der Waals surface area contributed by atoms with E-state index in [9.17, 15) is 8.42 Å². The summed E-state index contributed by atoms with van der Waals surface area (Å²) in [6.07, 6.45) is 3.95. The third kappa shape index (κ3) is 3.85. The van der Waals surface area contributed by atoms with Gasteiger partial charge in [-0.25, -0.2) is 0 Å². The predicted octanol–water partition coefficient (Wildman–Crippen LogP) is 1.68. The lowest BCUT2D eigenvalue weighted by Gasteiger charge is -2.35. The first-order valence-corrected chi connectivity index (χ1v) is 9.43. The van der Waals surface area contributed by atoms with Crippen molar-refractivity contribution < 1.29 is 13.2 Å². The molecule has 2 aliphatic heterocycles. The number of alkyl halides is 1. The van der Waals surface area contributed by atoms with E-state index < -0.39 is 10.2 Å². The van der Waals surface area contributed by atoms with Crippen LogP contribution in [0.25, 0.3) is 0 Å². The van der Waals surface area contributed by atoms with Crippen molar-refractivity contribution in [2.24, 2.45) is 5.92 Å². The number of halogens is 1. The van der Waals surface area contributed by atoms with Crippen LogP contribution in [0.5, 0.6) is 0 Å². The Morgan fingerprint density at radius 3 is 2.75 bits per heavy atom. The zero-order chi connectivity index (χ0) is 14.6. The SMILES string of the molecule is CCN(CC1CCCO1)S(=O)(=O)N1CCCC(CCl)C1. The smallest absolute Gasteiger partial charge is 0.282 e. The van der Waals surface area contributed by atoms with E-state index in [0.717, 1.165) is 32.3 Å². The molecule has 118 valence electrons. The summed E-state index contributed by atoms with van der Waals surface area (Å²) in [5.74, 6) is 0.811. The van der Waals surface area contributed by atoms with Gasteiger partial charge in [-0.2, -0.15) is 17.0 Å². The topological polar surface area (TPSA) is 49.9 Å². The van der Waals surface area contributed by atoms with E-state index in [2.05, 4.69) is 0 Å². The van der Waals surface area contributed by atoms with Crippen LogP contribution in [-0.4, -0.2) is 61.8 Å². The molecule has 2 fully saturated rings. The Balaban J connectivity index is 2.01. The Bertz CT molecular complexity index is 398. The Kier molecular flexibility index (Phi) is 6.10. The van der Waals surface area contributed by atoms with Crippen LogP contribution in [0, 0.1) is 5.92 Å². The second-order valence-electron chi connectivity index (χ2n) is 5.61. The number of rotatable bonds is 6. The van der Waals surface area contributed by atoms with Gasteiger partial charge in [-0.1, -0.05) is 6.92 Å². The van der Waals surface area contributed by atoms with Crippen LogP contribution in [0.2, 0.25) is 0 Å². The van der Waals surface area contributed by atoms with E-state index in [-0.39, 0.29) is 12.0 Å². The summed E-state index contributed by atoms with van der Waals surface area (Å²) in [6, 6.07) is 0. The van der Waals surface area contributed by atoms with Gasteiger partial charge in [0.05, 0.1) is 6.10 Å². The van der Waals surface area contributed by atoms with Crippen LogP contribution in [0.1, 0.15) is 32.6 Å². The standard InChI is InChI=1S/C13H25ClN2O3S/c1-2-15(11-13-6-4-8-19-13)20(17,18)16-7-3-5-12(9-14)10-16/h12-13H,2-11H2,1H3. The first-order valence-electron chi connectivity index (χ1n) is 7.50. The average Bonchev–Trinajstić information content (AvgIpc) is 2.97. The van der Waals surface area contributed by atoms with E-state index in [4.69, 9.17) is 16.3 Å². The largest absolute Gasteiger partial charge is 0.377 e. The highest BCUT2D eigenvalue weighted by molar-refractivity contribution is 7.86. The van der Waals surface area contributed by atoms with Gasteiger partial charge >= 0.3 is 0 Å².